The summed E-state index contributed by atoms with van der Waals surface area (Å²) in [6, 6.07) is 1.20. The lowest BCUT2D eigenvalue weighted by atomic mass is 10.2. The maximum absolute atomic E-state index is 12.4. The number of hydrogen-bond acceptors (Lipinski definition) is 4. The molecule has 0 spiro atoms. The highest BCUT2D eigenvalue weighted by Gasteiger charge is 2.35. The van der Waals surface area contributed by atoms with Crippen LogP contribution in [0.2, 0.25) is 5.15 Å². The van der Waals surface area contributed by atoms with Crippen LogP contribution in [0.15, 0.2) is 6.07 Å². The van der Waals surface area contributed by atoms with Crippen molar-refractivity contribution in [2.45, 2.75) is 13.1 Å². The minimum Gasteiger partial charge on any atom is -0.396 e. The van der Waals surface area contributed by atoms with Gasteiger partial charge in [0.1, 0.15) is 11.0 Å². The second kappa shape index (κ2) is 5.50. The first-order chi connectivity index (χ1) is 7.82. The van der Waals surface area contributed by atoms with Crippen LogP contribution in [0.5, 0.6) is 0 Å². The van der Waals surface area contributed by atoms with E-state index in [4.69, 9.17) is 16.7 Å². The van der Waals surface area contributed by atoms with Crippen LogP contribution in [-0.2, 0) is 6.18 Å². The minimum absolute atomic E-state index is 0.0161. The lowest BCUT2D eigenvalue weighted by Gasteiger charge is -2.12. The van der Waals surface area contributed by atoms with Gasteiger partial charge in [0, 0.05) is 19.2 Å². The van der Waals surface area contributed by atoms with Crippen LogP contribution in [-0.4, -0.2) is 28.2 Å². The molecule has 1 aromatic rings. The van der Waals surface area contributed by atoms with Gasteiger partial charge in [-0.15, -0.1) is 0 Å². The predicted molar refractivity (Wildman–Crippen MR) is 56.8 cm³/mol. The lowest BCUT2D eigenvalue weighted by molar-refractivity contribution is -0.144. The van der Waals surface area contributed by atoms with Crippen molar-refractivity contribution >= 4 is 17.4 Å². The number of hydrogen-bond donors (Lipinski definition) is 2. The van der Waals surface area contributed by atoms with E-state index in [0.717, 1.165) is 0 Å². The molecule has 2 N–H and O–H groups in total. The number of nitrogens with zero attached hydrogens (tertiary/aromatic N) is 2. The van der Waals surface area contributed by atoms with Crippen LogP contribution < -0.4 is 5.32 Å². The zero-order valence-corrected chi connectivity index (χ0v) is 9.68. The van der Waals surface area contributed by atoms with Crippen LogP contribution in [0.1, 0.15) is 12.7 Å². The van der Waals surface area contributed by atoms with E-state index in [0.29, 0.717) is 6.54 Å². The number of alkyl halides is 3. The molecule has 1 heterocycles. The first kappa shape index (κ1) is 14.0. The lowest BCUT2D eigenvalue weighted by Crippen LogP contribution is -2.17. The molecule has 0 saturated carbocycles. The minimum atomic E-state index is -4.63. The number of aliphatic hydroxyl groups excluding tert-OH is 1. The Bertz CT molecular complexity index is 386. The topological polar surface area (TPSA) is 58.0 Å². The van der Waals surface area contributed by atoms with E-state index in [2.05, 4.69) is 15.3 Å². The molecule has 0 saturated heterocycles. The molecule has 0 fully saturated rings. The van der Waals surface area contributed by atoms with Gasteiger partial charge < -0.3 is 10.4 Å². The van der Waals surface area contributed by atoms with Gasteiger partial charge in [0.25, 0.3) is 0 Å². The van der Waals surface area contributed by atoms with Crippen LogP contribution in [0.4, 0.5) is 19.0 Å². The predicted octanol–water partition coefficient (Wildman–Crippen LogP) is 2.19. The van der Waals surface area contributed by atoms with E-state index in [1.807, 2.05) is 0 Å². The zero-order valence-electron chi connectivity index (χ0n) is 8.92. The van der Waals surface area contributed by atoms with Crippen molar-refractivity contribution in [2.24, 2.45) is 5.92 Å². The number of anilines is 1. The molecule has 0 aromatic carbocycles. The van der Waals surface area contributed by atoms with Gasteiger partial charge in [-0.2, -0.15) is 13.2 Å². The fourth-order valence-electron chi connectivity index (χ4n) is 0.978. The molecular formula is C9H11ClF3N3O. The summed E-state index contributed by atoms with van der Waals surface area (Å²) in [4.78, 5) is 6.39. The van der Waals surface area contributed by atoms with Crippen molar-refractivity contribution in [1.82, 2.24) is 9.97 Å². The summed E-state index contributed by atoms with van der Waals surface area (Å²) in [6.07, 6.45) is -4.63. The Hall–Kier alpha value is -1.08. The molecule has 0 bridgehead atoms. The van der Waals surface area contributed by atoms with Crippen molar-refractivity contribution in [2.75, 3.05) is 18.5 Å². The van der Waals surface area contributed by atoms with E-state index in [1.165, 1.54) is 6.07 Å². The fraction of sp³-hybridized carbons (Fsp3) is 0.556. The Labute approximate surface area is 101 Å². The zero-order chi connectivity index (χ0) is 13.1. The van der Waals surface area contributed by atoms with Crippen LogP contribution >= 0.6 is 11.6 Å². The van der Waals surface area contributed by atoms with Gasteiger partial charge in [-0.05, 0) is 5.92 Å². The van der Waals surface area contributed by atoms with Crippen molar-refractivity contribution < 1.29 is 18.3 Å². The third-order valence-corrected chi connectivity index (χ3v) is 2.09. The normalized spacial score (nSPS) is 13.5. The molecule has 8 heteroatoms. The van der Waals surface area contributed by atoms with Crippen molar-refractivity contribution in [1.29, 1.82) is 0 Å². The highest BCUT2D eigenvalue weighted by atomic mass is 35.5. The monoisotopic (exact) mass is 269 g/mol. The Balaban J connectivity index is 2.83. The molecule has 0 aliphatic rings. The van der Waals surface area contributed by atoms with Crippen molar-refractivity contribution in [3.63, 3.8) is 0 Å². The standard InChI is InChI=1S/C9H11ClF3N3O/c1-5(4-17)3-14-7-2-6(10)15-8(16-7)9(11,12)13/h2,5,17H,3-4H2,1H3,(H,14,15,16). The summed E-state index contributed by atoms with van der Waals surface area (Å²) in [5.41, 5.74) is 0. The summed E-state index contributed by atoms with van der Waals surface area (Å²) < 4.78 is 37.1. The number of aliphatic hydroxyl groups is 1. The van der Waals surface area contributed by atoms with E-state index in [9.17, 15) is 13.2 Å². The quantitative estimate of drug-likeness (QED) is 0.823. The summed E-state index contributed by atoms with van der Waals surface area (Å²) >= 11 is 5.46. The largest absolute Gasteiger partial charge is 0.451 e. The first-order valence-corrected chi connectivity index (χ1v) is 5.17. The molecule has 17 heavy (non-hydrogen) atoms. The SMILES string of the molecule is CC(CO)CNc1cc(Cl)nc(C(F)(F)F)n1. The summed E-state index contributed by atoms with van der Waals surface area (Å²) in [5, 5.41) is 11.1. The average molecular weight is 270 g/mol. The molecule has 4 nitrogen and oxygen atoms in total. The molecule has 96 valence electrons. The Kier molecular flexibility index (Phi) is 4.53. The highest BCUT2D eigenvalue weighted by molar-refractivity contribution is 6.29. The van der Waals surface area contributed by atoms with E-state index in [1.54, 1.807) is 6.92 Å². The molecule has 1 rings (SSSR count). The van der Waals surface area contributed by atoms with Gasteiger partial charge in [-0.25, -0.2) is 9.97 Å². The maximum Gasteiger partial charge on any atom is 0.451 e. The van der Waals surface area contributed by atoms with Crippen LogP contribution in [0.25, 0.3) is 0 Å². The third-order valence-electron chi connectivity index (χ3n) is 1.89. The highest BCUT2D eigenvalue weighted by Crippen LogP contribution is 2.28. The molecule has 0 amide bonds. The van der Waals surface area contributed by atoms with Crippen LogP contribution in [0.3, 0.4) is 0 Å². The molecule has 1 aromatic heterocycles. The maximum atomic E-state index is 12.4. The van der Waals surface area contributed by atoms with Gasteiger partial charge in [0.05, 0.1) is 0 Å². The summed E-state index contributed by atoms with van der Waals surface area (Å²) in [6.45, 7) is 1.96. The van der Waals surface area contributed by atoms with E-state index in [-0.39, 0.29) is 23.5 Å². The van der Waals surface area contributed by atoms with Gasteiger partial charge in [-0.3, -0.25) is 0 Å². The van der Waals surface area contributed by atoms with E-state index >= 15 is 0 Å². The molecule has 0 aliphatic heterocycles. The number of aromatic nitrogens is 2. The van der Waals surface area contributed by atoms with Gasteiger partial charge in [-0.1, -0.05) is 18.5 Å². The molecular weight excluding hydrogens is 259 g/mol. The third kappa shape index (κ3) is 4.35. The Morgan fingerprint density at radius 1 is 1.47 bits per heavy atom. The van der Waals surface area contributed by atoms with Gasteiger partial charge in [0.15, 0.2) is 0 Å². The first-order valence-electron chi connectivity index (χ1n) is 4.79. The second-order valence-corrected chi connectivity index (χ2v) is 3.95. The molecule has 0 radical (unpaired) electrons. The number of rotatable bonds is 4. The average Bonchev–Trinajstić information content (AvgIpc) is 2.24. The van der Waals surface area contributed by atoms with Crippen molar-refractivity contribution in [3.8, 4) is 0 Å². The van der Waals surface area contributed by atoms with Gasteiger partial charge >= 0.3 is 6.18 Å². The fourth-order valence-corrected chi connectivity index (χ4v) is 1.16. The van der Waals surface area contributed by atoms with E-state index < -0.39 is 12.0 Å². The molecule has 0 aliphatic carbocycles. The number of nitrogens with one attached hydrogen (secondary N) is 1. The summed E-state index contributed by atoms with van der Waals surface area (Å²) in [5.74, 6) is -1.40. The Morgan fingerprint density at radius 3 is 2.65 bits per heavy atom. The van der Waals surface area contributed by atoms with Crippen LogP contribution in [0, 0.1) is 5.92 Å². The number of halogens is 4. The summed E-state index contributed by atoms with van der Waals surface area (Å²) in [7, 11) is 0. The van der Waals surface area contributed by atoms with Gasteiger partial charge in [0.2, 0.25) is 5.82 Å². The Morgan fingerprint density at radius 2 is 2.12 bits per heavy atom. The smallest absolute Gasteiger partial charge is 0.396 e. The van der Waals surface area contributed by atoms with Crippen molar-refractivity contribution in [3.05, 3.63) is 17.0 Å². The second-order valence-electron chi connectivity index (χ2n) is 3.57. The molecule has 1 unspecified atom stereocenters. The molecule has 1 atom stereocenters.